The second kappa shape index (κ2) is 5.63. The van der Waals surface area contributed by atoms with Crippen LogP contribution < -0.4 is 5.69 Å². The van der Waals surface area contributed by atoms with Gasteiger partial charge in [0.15, 0.2) is 0 Å². The number of hydrogen-bond acceptors (Lipinski definition) is 4. The van der Waals surface area contributed by atoms with Crippen molar-refractivity contribution in [2.24, 2.45) is 14.1 Å². The first-order valence-electron chi connectivity index (χ1n) is 8.53. The van der Waals surface area contributed by atoms with Gasteiger partial charge in [0.2, 0.25) is 0 Å². The largest absolute Gasteiger partial charge is 0.326 e. The maximum absolute atomic E-state index is 12.0. The van der Waals surface area contributed by atoms with E-state index in [-0.39, 0.29) is 5.69 Å². The summed E-state index contributed by atoms with van der Waals surface area (Å²) in [5.74, 6) is 0. The van der Waals surface area contributed by atoms with Gasteiger partial charge in [-0.2, -0.15) is 5.10 Å². The van der Waals surface area contributed by atoms with Gasteiger partial charge in [-0.15, -0.1) is 0 Å². The fourth-order valence-electron chi connectivity index (χ4n) is 3.34. The highest BCUT2D eigenvalue weighted by molar-refractivity contribution is 6.03. The highest BCUT2D eigenvalue weighted by Crippen LogP contribution is 2.28. The molecule has 0 aliphatic rings. The molecule has 4 heterocycles. The maximum Gasteiger partial charge on any atom is 0.326 e. The van der Waals surface area contributed by atoms with Crippen LogP contribution in [0.5, 0.6) is 0 Å². The van der Waals surface area contributed by atoms with Gasteiger partial charge in [0.1, 0.15) is 0 Å². The number of benzene rings is 1. The van der Waals surface area contributed by atoms with Crippen molar-refractivity contribution in [2.75, 3.05) is 0 Å². The molecular formula is C20H16N6O. The predicted molar refractivity (Wildman–Crippen MR) is 104 cm³/mol. The lowest BCUT2D eigenvalue weighted by molar-refractivity contribution is 0.768. The number of aryl methyl sites for hydroxylation is 2. The lowest BCUT2D eigenvalue weighted by Crippen LogP contribution is -2.11. The summed E-state index contributed by atoms with van der Waals surface area (Å²) in [6.45, 7) is 0. The average molecular weight is 356 g/mol. The minimum absolute atomic E-state index is 0.146. The summed E-state index contributed by atoms with van der Waals surface area (Å²) < 4.78 is 3.33. The molecule has 0 saturated carbocycles. The molecule has 0 unspecified atom stereocenters. The van der Waals surface area contributed by atoms with Gasteiger partial charge in [0.05, 0.1) is 34.6 Å². The molecule has 0 radical (unpaired) electrons. The van der Waals surface area contributed by atoms with Gasteiger partial charge in [-0.25, -0.2) is 4.79 Å². The molecule has 1 N–H and O–H groups in total. The Kier molecular flexibility index (Phi) is 3.24. The van der Waals surface area contributed by atoms with Gasteiger partial charge in [0, 0.05) is 43.0 Å². The summed E-state index contributed by atoms with van der Waals surface area (Å²) in [4.78, 5) is 23.9. The predicted octanol–water partition coefficient (Wildman–Crippen LogP) is 2.88. The van der Waals surface area contributed by atoms with Crippen LogP contribution in [0, 0.1) is 0 Å². The van der Waals surface area contributed by atoms with Gasteiger partial charge < -0.3 is 4.98 Å². The molecule has 132 valence electrons. The van der Waals surface area contributed by atoms with Crippen molar-refractivity contribution in [3.63, 3.8) is 0 Å². The van der Waals surface area contributed by atoms with E-state index in [2.05, 4.69) is 20.1 Å². The standard InChI is InChI=1S/C20H16N6O/c1-25-11-14(9-23-25)16-5-4-13(8-21-16)12-3-6-17-15(7-12)19-18(10-22-17)26(2)20(27)24-19/h3-11H,1-2H3,(H,24,27). The van der Waals surface area contributed by atoms with Crippen LogP contribution >= 0.6 is 0 Å². The number of rotatable bonds is 2. The fraction of sp³-hybridized carbons (Fsp3) is 0.100. The van der Waals surface area contributed by atoms with Crippen molar-refractivity contribution in [3.8, 4) is 22.4 Å². The Labute approximate surface area is 153 Å². The van der Waals surface area contributed by atoms with Crippen LogP contribution in [0.15, 0.2) is 59.9 Å². The summed E-state index contributed by atoms with van der Waals surface area (Å²) in [5, 5.41) is 5.10. The molecule has 1 aromatic carbocycles. The first-order chi connectivity index (χ1) is 13.1. The Morgan fingerprint density at radius 1 is 0.926 bits per heavy atom. The Hall–Kier alpha value is -3.74. The number of imidazole rings is 1. The summed E-state index contributed by atoms with van der Waals surface area (Å²) in [5.41, 5.74) is 6.16. The number of aromatic amines is 1. The average Bonchev–Trinajstić information content (AvgIpc) is 3.25. The Bertz CT molecular complexity index is 1360. The van der Waals surface area contributed by atoms with Crippen LogP contribution in [0.3, 0.4) is 0 Å². The Morgan fingerprint density at radius 3 is 2.52 bits per heavy atom. The summed E-state index contributed by atoms with van der Waals surface area (Å²) in [6.07, 6.45) is 7.31. The highest BCUT2D eigenvalue weighted by Gasteiger charge is 2.10. The van der Waals surface area contributed by atoms with E-state index in [1.807, 2.05) is 49.8 Å². The second-order valence-corrected chi connectivity index (χ2v) is 6.57. The lowest BCUT2D eigenvalue weighted by Gasteiger charge is -2.06. The third kappa shape index (κ3) is 2.43. The molecule has 5 rings (SSSR count). The third-order valence-corrected chi connectivity index (χ3v) is 4.84. The van der Waals surface area contributed by atoms with E-state index in [0.29, 0.717) is 0 Å². The van der Waals surface area contributed by atoms with Gasteiger partial charge in [0.25, 0.3) is 0 Å². The smallest absolute Gasteiger partial charge is 0.305 e. The van der Waals surface area contributed by atoms with Crippen molar-refractivity contribution in [1.29, 1.82) is 0 Å². The molecule has 7 nitrogen and oxygen atoms in total. The molecule has 0 spiro atoms. The van der Waals surface area contributed by atoms with Crippen molar-refractivity contribution >= 4 is 21.9 Å². The molecule has 7 heteroatoms. The van der Waals surface area contributed by atoms with E-state index in [1.165, 1.54) is 0 Å². The molecular weight excluding hydrogens is 340 g/mol. The second-order valence-electron chi connectivity index (χ2n) is 6.57. The molecule has 0 aliphatic heterocycles. The number of hydrogen-bond donors (Lipinski definition) is 1. The van der Waals surface area contributed by atoms with Crippen LogP contribution in [0.25, 0.3) is 44.3 Å². The fourth-order valence-corrected chi connectivity index (χ4v) is 3.34. The number of nitrogens with one attached hydrogen (secondary N) is 1. The number of aromatic nitrogens is 6. The summed E-state index contributed by atoms with van der Waals surface area (Å²) in [7, 11) is 3.62. The van der Waals surface area contributed by atoms with Crippen molar-refractivity contribution in [2.45, 2.75) is 0 Å². The van der Waals surface area contributed by atoms with Crippen LogP contribution in [0.1, 0.15) is 0 Å². The van der Waals surface area contributed by atoms with Gasteiger partial charge >= 0.3 is 5.69 Å². The molecule has 0 bridgehead atoms. The van der Waals surface area contributed by atoms with Crippen LogP contribution in [-0.4, -0.2) is 29.3 Å². The zero-order chi connectivity index (χ0) is 18.5. The number of pyridine rings is 2. The molecule has 4 aromatic heterocycles. The SMILES string of the molecule is Cn1cc(-c2ccc(-c3ccc4ncc5c([nH]c(=O)n5C)c4c3)cn2)cn1. The zero-order valence-corrected chi connectivity index (χ0v) is 14.8. The van der Waals surface area contributed by atoms with Gasteiger partial charge in [-0.1, -0.05) is 12.1 Å². The summed E-state index contributed by atoms with van der Waals surface area (Å²) >= 11 is 0. The zero-order valence-electron chi connectivity index (χ0n) is 14.8. The molecule has 0 aliphatic carbocycles. The van der Waals surface area contributed by atoms with Crippen LogP contribution in [0.4, 0.5) is 0 Å². The van der Waals surface area contributed by atoms with E-state index in [4.69, 9.17) is 0 Å². The van der Waals surface area contributed by atoms with Gasteiger partial charge in [-0.3, -0.25) is 19.2 Å². The first-order valence-corrected chi connectivity index (χ1v) is 8.53. The van der Waals surface area contributed by atoms with E-state index >= 15 is 0 Å². The topological polar surface area (TPSA) is 81.4 Å². The van der Waals surface area contributed by atoms with Crippen LogP contribution in [0.2, 0.25) is 0 Å². The molecule has 0 saturated heterocycles. The van der Waals surface area contributed by atoms with E-state index in [9.17, 15) is 4.79 Å². The van der Waals surface area contributed by atoms with Gasteiger partial charge in [-0.05, 0) is 23.8 Å². The molecule has 0 amide bonds. The van der Waals surface area contributed by atoms with Crippen molar-refractivity contribution in [1.82, 2.24) is 29.3 Å². The van der Waals surface area contributed by atoms with E-state index in [1.54, 1.807) is 28.7 Å². The summed E-state index contributed by atoms with van der Waals surface area (Å²) in [6, 6.07) is 10.0. The van der Waals surface area contributed by atoms with Crippen molar-refractivity contribution < 1.29 is 0 Å². The minimum Gasteiger partial charge on any atom is -0.305 e. The first kappa shape index (κ1) is 15.5. The number of nitrogens with zero attached hydrogens (tertiary/aromatic N) is 5. The van der Waals surface area contributed by atoms with E-state index in [0.717, 1.165) is 44.3 Å². The molecule has 0 atom stereocenters. The Morgan fingerprint density at radius 2 is 1.78 bits per heavy atom. The monoisotopic (exact) mass is 356 g/mol. The molecule has 27 heavy (non-hydrogen) atoms. The minimum atomic E-state index is -0.146. The quantitative estimate of drug-likeness (QED) is 0.527. The normalized spacial score (nSPS) is 11.5. The highest BCUT2D eigenvalue weighted by atomic mass is 16.1. The third-order valence-electron chi connectivity index (χ3n) is 4.84. The molecule has 0 fully saturated rings. The lowest BCUT2D eigenvalue weighted by atomic mass is 10.0. The number of H-pyrrole nitrogens is 1. The maximum atomic E-state index is 12.0. The Balaban J connectivity index is 1.63. The molecule has 5 aromatic rings. The number of fused-ring (bicyclic) bond motifs is 3. The van der Waals surface area contributed by atoms with E-state index < -0.39 is 0 Å². The van der Waals surface area contributed by atoms with Crippen LogP contribution in [-0.2, 0) is 14.1 Å². The van der Waals surface area contributed by atoms with Crippen molar-refractivity contribution in [3.05, 3.63) is 65.6 Å².